The largest absolute Gasteiger partial charge is 0.371 e. The molecule has 1 aliphatic carbocycles. The van der Waals surface area contributed by atoms with Crippen LogP contribution in [0.1, 0.15) is 61.9 Å². The summed E-state index contributed by atoms with van der Waals surface area (Å²) in [5.41, 5.74) is 5.52. The smallest absolute Gasteiger partial charge is 0.163 e. The Bertz CT molecular complexity index is 879. The maximum absolute atomic E-state index is 13.1. The predicted molar refractivity (Wildman–Crippen MR) is 120 cm³/mol. The van der Waals surface area contributed by atoms with Crippen molar-refractivity contribution in [2.24, 2.45) is 0 Å². The number of carbonyl (C=O) groups excluding carboxylic acids is 2. The highest BCUT2D eigenvalue weighted by Gasteiger charge is 2.23. The molecule has 0 bridgehead atoms. The Morgan fingerprint density at radius 3 is 2.55 bits per heavy atom. The van der Waals surface area contributed by atoms with Gasteiger partial charge >= 0.3 is 0 Å². The zero-order chi connectivity index (χ0) is 21.1. The van der Waals surface area contributed by atoms with E-state index in [0.717, 1.165) is 53.9 Å². The minimum Gasteiger partial charge on any atom is -0.371 e. The van der Waals surface area contributed by atoms with Gasteiger partial charge in [0, 0.05) is 42.2 Å². The molecule has 1 saturated heterocycles. The van der Waals surface area contributed by atoms with Gasteiger partial charge in [-0.05, 0) is 82.0 Å². The number of anilines is 1. The summed E-state index contributed by atoms with van der Waals surface area (Å²) in [6.07, 6.45) is 5.48. The van der Waals surface area contributed by atoms with E-state index in [-0.39, 0.29) is 11.6 Å². The van der Waals surface area contributed by atoms with Crippen molar-refractivity contribution in [2.75, 3.05) is 25.0 Å². The Morgan fingerprint density at radius 2 is 1.90 bits per heavy atom. The van der Waals surface area contributed by atoms with Crippen LogP contribution in [0.25, 0.3) is 0 Å². The highest BCUT2D eigenvalue weighted by Crippen LogP contribution is 2.32. The van der Waals surface area contributed by atoms with Gasteiger partial charge in [-0.1, -0.05) is 23.3 Å². The van der Waals surface area contributed by atoms with E-state index in [1.807, 2.05) is 26.8 Å². The molecule has 0 radical (unpaired) electrons. The number of carbonyl (C=O) groups is 2. The van der Waals surface area contributed by atoms with E-state index in [4.69, 9.17) is 11.6 Å². The maximum Gasteiger partial charge on any atom is 0.163 e. The Morgan fingerprint density at radius 1 is 1.21 bits per heavy atom. The number of rotatable bonds is 6. The molecule has 156 valence electrons. The van der Waals surface area contributed by atoms with Crippen LogP contribution in [0.5, 0.6) is 0 Å². The number of halogens is 1. The van der Waals surface area contributed by atoms with Crippen molar-refractivity contribution in [1.29, 1.82) is 0 Å². The minimum atomic E-state index is 0.0457. The zero-order valence-electron chi connectivity index (χ0n) is 17.9. The molecule has 1 aliphatic heterocycles. The summed E-state index contributed by atoms with van der Waals surface area (Å²) in [5, 5.41) is 3.97. The molecule has 0 unspecified atom stereocenters. The van der Waals surface area contributed by atoms with Crippen molar-refractivity contribution in [1.82, 2.24) is 5.32 Å². The molecule has 29 heavy (non-hydrogen) atoms. The van der Waals surface area contributed by atoms with Crippen LogP contribution in [-0.2, 0) is 4.79 Å². The Hall–Kier alpha value is -1.91. The third-order valence-corrected chi connectivity index (χ3v) is 6.42. The Labute approximate surface area is 179 Å². The predicted octanol–water partition coefficient (Wildman–Crippen LogP) is 5.04. The molecule has 4 nitrogen and oxygen atoms in total. The van der Waals surface area contributed by atoms with Gasteiger partial charge in [-0.2, -0.15) is 0 Å². The van der Waals surface area contributed by atoms with E-state index in [9.17, 15) is 9.59 Å². The molecule has 0 aromatic heterocycles. The molecule has 1 fully saturated rings. The van der Waals surface area contributed by atoms with E-state index >= 15 is 0 Å². The van der Waals surface area contributed by atoms with Gasteiger partial charge in [0.25, 0.3) is 0 Å². The van der Waals surface area contributed by atoms with Crippen molar-refractivity contribution >= 4 is 28.9 Å². The summed E-state index contributed by atoms with van der Waals surface area (Å²) >= 11 is 6.40. The van der Waals surface area contributed by atoms with Crippen molar-refractivity contribution in [3.8, 4) is 0 Å². The molecular weight excluding hydrogens is 384 g/mol. The van der Waals surface area contributed by atoms with Gasteiger partial charge in [0.15, 0.2) is 11.6 Å². The summed E-state index contributed by atoms with van der Waals surface area (Å²) in [4.78, 5) is 27.7. The number of nitrogens with one attached hydrogen (secondary N) is 1. The normalized spacial score (nSPS) is 18.1. The topological polar surface area (TPSA) is 49.4 Å². The van der Waals surface area contributed by atoms with Crippen LogP contribution in [0.2, 0.25) is 5.02 Å². The number of hydrogen-bond acceptors (Lipinski definition) is 4. The third-order valence-electron chi connectivity index (χ3n) is 6.20. The highest BCUT2D eigenvalue weighted by molar-refractivity contribution is 6.31. The molecule has 0 saturated carbocycles. The van der Waals surface area contributed by atoms with Gasteiger partial charge in [-0.15, -0.1) is 0 Å². The first-order chi connectivity index (χ1) is 13.8. The summed E-state index contributed by atoms with van der Waals surface area (Å²) in [6, 6.07) is 4.17. The summed E-state index contributed by atoms with van der Waals surface area (Å²) in [5.74, 6) is 0.189. The maximum atomic E-state index is 13.1. The quantitative estimate of drug-likeness (QED) is 0.663. The van der Waals surface area contributed by atoms with Crippen molar-refractivity contribution < 1.29 is 9.59 Å². The highest BCUT2D eigenvalue weighted by atomic mass is 35.5. The monoisotopic (exact) mass is 414 g/mol. The third kappa shape index (κ3) is 4.99. The summed E-state index contributed by atoms with van der Waals surface area (Å²) in [7, 11) is 2.09. The Balaban J connectivity index is 1.79. The molecule has 0 atom stereocenters. The van der Waals surface area contributed by atoms with Gasteiger partial charge in [0.2, 0.25) is 0 Å². The van der Waals surface area contributed by atoms with Crippen LogP contribution in [-0.4, -0.2) is 37.7 Å². The molecule has 5 heteroatoms. The summed E-state index contributed by atoms with van der Waals surface area (Å²) < 4.78 is 0. The first-order valence-corrected chi connectivity index (χ1v) is 10.8. The van der Waals surface area contributed by atoms with Crippen LogP contribution in [0.3, 0.4) is 0 Å². The number of piperidine rings is 1. The van der Waals surface area contributed by atoms with Crippen LogP contribution < -0.4 is 10.2 Å². The van der Waals surface area contributed by atoms with Crippen LogP contribution >= 0.6 is 11.6 Å². The average Bonchev–Trinajstić information content (AvgIpc) is 2.68. The molecule has 2 aliphatic rings. The van der Waals surface area contributed by atoms with Gasteiger partial charge in [-0.25, -0.2) is 0 Å². The molecule has 0 amide bonds. The van der Waals surface area contributed by atoms with Gasteiger partial charge < -0.3 is 10.2 Å². The lowest BCUT2D eigenvalue weighted by Gasteiger charge is -2.34. The van der Waals surface area contributed by atoms with E-state index < -0.39 is 0 Å². The molecule has 3 rings (SSSR count). The number of nitrogens with zero attached hydrogens (tertiary/aromatic N) is 1. The SMILES string of the molecule is CC1=CC(C)=C(CCC(=O)c2cc(Cl)cc(N(C)C3CCNCC3)c2C)C(=O)C1. The number of ketones is 2. The number of benzene rings is 1. The fourth-order valence-electron chi connectivity index (χ4n) is 4.51. The summed E-state index contributed by atoms with van der Waals surface area (Å²) in [6.45, 7) is 7.95. The van der Waals surface area contributed by atoms with Crippen molar-refractivity contribution in [2.45, 2.75) is 58.9 Å². The fourth-order valence-corrected chi connectivity index (χ4v) is 4.72. The van der Waals surface area contributed by atoms with E-state index in [0.29, 0.717) is 35.9 Å². The Kier molecular flexibility index (Phi) is 6.97. The number of hydrogen-bond donors (Lipinski definition) is 1. The van der Waals surface area contributed by atoms with Crippen LogP contribution in [0, 0.1) is 6.92 Å². The molecule has 1 heterocycles. The number of Topliss-reactive ketones (excluding diaryl/α,β-unsaturated/α-hetero) is 2. The molecular formula is C24H31ClN2O2. The second kappa shape index (κ2) is 9.27. The second-order valence-electron chi connectivity index (χ2n) is 8.36. The zero-order valence-corrected chi connectivity index (χ0v) is 18.7. The lowest BCUT2D eigenvalue weighted by Crippen LogP contribution is -2.41. The molecule has 1 aromatic carbocycles. The fraction of sp³-hybridized carbons (Fsp3) is 0.500. The molecule has 1 aromatic rings. The van der Waals surface area contributed by atoms with Crippen LogP contribution in [0.4, 0.5) is 5.69 Å². The van der Waals surface area contributed by atoms with E-state index in [1.54, 1.807) is 6.07 Å². The first-order valence-electron chi connectivity index (χ1n) is 10.4. The van der Waals surface area contributed by atoms with Gasteiger partial charge in [-0.3, -0.25) is 9.59 Å². The van der Waals surface area contributed by atoms with Crippen molar-refractivity contribution in [3.63, 3.8) is 0 Å². The average molecular weight is 415 g/mol. The van der Waals surface area contributed by atoms with Gasteiger partial charge in [0.05, 0.1) is 0 Å². The minimum absolute atomic E-state index is 0.0457. The van der Waals surface area contributed by atoms with Crippen molar-refractivity contribution in [3.05, 3.63) is 51.1 Å². The van der Waals surface area contributed by atoms with Gasteiger partial charge in [0.1, 0.15) is 0 Å². The van der Waals surface area contributed by atoms with E-state index in [1.165, 1.54) is 0 Å². The van der Waals surface area contributed by atoms with E-state index in [2.05, 4.69) is 23.3 Å². The molecule has 0 spiro atoms. The lowest BCUT2D eigenvalue weighted by molar-refractivity contribution is -0.115. The first kappa shape index (κ1) is 21.8. The molecule has 1 N–H and O–H groups in total. The lowest BCUT2D eigenvalue weighted by atomic mass is 9.88. The second-order valence-corrected chi connectivity index (χ2v) is 8.80. The van der Waals surface area contributed by atoms with Crippen LogP contribution in [0.15, 0.2) is 34.9 Å². The standard InChI is InChI=1S/C24H31ClN2O2/c1-15-11-16(2)20(24(29)12-15)5-6-23(28)21-13-18(25)14-22(17(21)3)27(4)19-7-9-26-10-8-19/h11,13-14,19,26H,5-10,12H2,1-4H3. The number of allylic oxidation sites excluding steroid dienone is 4.